The van der Waals surface area contributed by atoms with Crippen molar-refractivity contribution in [3.8, 4) is 0 Å². The first kappa shape index (κ1) is 13.6. The molecule has 2 aromatic carbocycles. The summed E-state index contributed by atoms with van der Waals surface area (Å²) < 4.78 is 0. The van der Waals surface area contributed by atoms with E-state index >= 15 is 0 Å². The van der Waals surface area contributed by atoms with E-state index in [-0.39, 0.29) is 18.2 Å². The molecule has 0 aliphatic carbocycles. The average Bonchev–Trinajstić information content (AvgIpc) is 2.50. The van der Waals surface area contributed by atoms with Crippen molar-refractivity contribution in [3.63, 3.8) is 0 Å². The minimum Gasteiger partial charge on any atom is -0.353 e. The number of carbonyl (C=O) groups excluding carboxylic acids is 2. The fourth-order valence-electron chi connectivity index (χ4n) is 2.53. The van der Waals surface area contributed by atoms with Crippen LogP contribution in [0.3, 0.4) is 0 Å². The number of hydrogen-bond donors (Lipinski definition) is 3. The van der Waals surface area contributed by atoms with Crippen molar-refractivity contribution in [1.82, 2.24) is 10.6 Å². The van der Waals surface area contributed by atoms with Crippen molar-refractivity contribution in [3.05, 3.63) is 42.5 Å². The third-order valence-corrected chi connectivity index (χ3v) is 3.58. The Bertz CT molecular complexity index is 679. The van der Waals surface area contributed by atoms with E-state index in [2.05, 4.69) is 16.0 Å². The van der Waals surface area contributed by atoms with Crippen molar-refractivity contribution >= 4 is 28.3 Å². The van der Waals surface area contributed by atoms with Crippen LogP contribution in [-0.4, -0.2) is 30.9 Å². The second kappa shape index (κ2) is 5.93. The van der Waals surface area contributed by atoms with Gasteiger partial charge in [0.25, 0.3) is 0 Å². The van der Waals surface area contributed by atoms with Gasteiger partial charge in [0, 0.05) is 24.2 Å². The maximum absolute atomic E-state index is 12.1. The second-order valence-electron chi connectivity index (χ2n) is 5.08. The zero-order valence-electron chi connectivity index (χ0n) is 11.6. The molecule has 0 saturated carbocycles. The Labute approximate surface area is 122 Å². The van der Waals surface area contributed by atoms with Crippen molar-refractivity contribution in [2.24, 2.45) is 0 Å². The lowest BCUT2D eigenvalue weighted by molar-refractivity contribution is -0.127. The van der Waals surface area contributed by atoms with Crippen LogP contribution in [0.5, 0.6) is 0 Å². The Morgan fingerprint density at radius 1 is 1.14 bits per heavy atom. The van der Waals surface area contributed by atoms with E-state index in [4.69, 9.17) is 0 Å². The van der Waals surface area contributed by atoms with Gasteiger partial charge >= 0.3 is 0 Å². The number of benzene rings is 2. The molecule has 0 aromatic heterocycles. The molecule has 3 N–H and O–H groups in total. The molecule has 0 radical (unpaired) electrons. The van der Waals surface area contributed by atoms with Crippen LogP contribution >= 0.6 is 0 Å². The van der Waals surface area contributed by atoms with E-state index in [1.807, 2.05) is 42.5 Å². The molecule has 1 atom stereocenters. The van der Waals surface area contributed by atoms with E-state index in [1.165, 1.54) is 0 Å². The van der Waals surface area contributed by atoms with Crippen LogP contribution in [0.15, 0.2) is 42.5 Å². The van der Waals surface area contributed by atoms with Crippen LogP contribution in [0.25, 0.3) is 10.8 Å². The van der Waals surface area contributed by atoms with Crippen LogP contribution in [0.2, 0.25) is 0 Å². The number of anilines is 1. The highest BCUT2D eigenvalue weighted by Gasteiger charge is 2.24. The Morgan fingerprint density at radius 3 is 2.81 bits per heavy atom. The molecule has 0 bridgehead atoms. The van der Waals surface area contributed by atoms with Crippen molar-refractivity contribution in [1.29, 1.82) is 0 Å². The van der Waals surface area contributed by atoms with Crippen LogP contribution in [0, 0.1) is 0 Å². The smallest absolute Gasteiger partial charge is 0.237 e. The summed E-state index contributed by atoms with van der Waals surface area (Å²) in [5, 5.41) is 10.8. The second-order valence-corrected chi connectivity index (χ2v) is 5.08. The Kier molecular flexibility index (Phi) is 3.83. The minimum absolute atomic E-state index is 0.116. The average molecular weight is 283 g/mol. The van der Waals surface area contributed by atoms with Gasteiger partial charge in [0.2, 0.25) is 11.8 Å². The number of rotatable bonds is 3. The van der Waals surface area contributed by atoms with Crippen molar-refractivity contribution in [2.75, 3.05) is 18.4 Å². The molecule has 0 spiro atoms. The number of piperazine rings is 1. The molecule has 1 saturated heterocycles. The first-order valence-corrected chi connectivity index (χ1v) is 7.03. The van der Waals surface area contributed by atoms with E-state index < -0.39 is 6.04 Å². The molecule has 21 heavy (non-hydrogen) atoms. The molecule has 1 aliphatic rings. The van der Waals surface area contributed by atoms with Crippen LogP contribution in [0.4, 0.5) is 5.69 Å². The van der Waals surface area contributed by atoms with Gasteiger partial charge in [0.15, 0.2) is 0 Å². The minimum atomic E-state index is -0.450. The third kappa shape index (κ3) is 3.03. The van der Waals surface area contributed by atoms with E-state index in [1.54, 1.807) is 0 Å². The lowest BCUT2D eigenvalue weighted by Crippen LogP contribution is -2.53. The predicted molar refractivity (Wildman–Crippen MR) is 82.0 cm³/mol. The lowest BCUT2D eigenvalue weighted by Gasteiger charge is -2.23. The number of carbonyl (C=O) groups is 2. The van der Waals surface area contributed by atoms with E-state index in [9.17, 15) is 9.59 Å². The molecule has 2 amide bonds. The van der Waals surface area contributed by atoms with Gasteiger partial charge in [-0.1, -0.05) is 36.4 Å². The fourth-order valence-corrected chi connectivity index (χ4v) is 2.53. The number of fused-ring (bicyclic) bond motifs is 1. The predicted octanol–water partition coefficient (Wildman–Crippen LogP) is 1.26. The molecule has 1 heterocycles. The van der Waals surface area contributed by atoms with Crippen LogP contribution in [-0.2, 0) is 9.59 Å². The molecule has 5 heteroatoms. The van der Waals surface area contributed by atoms with E-state index in [0.717, 1.165) is 16.5 Å². The number of hydrogen-bond acceptors (Lipinski definition) is 3. The molecule has 1 aliphatic heterocycles. The topological polar surface area (TPSA) is 70.2 Å². The summed E-state index contributed by atoms with van der Waals surface area (Å²) in [6, 6.07) is 13.2. The quantitative estimate of drug-likeness (QED) is 0.794. The highest BCUT2D eigenvalue weighted by Crippen LogP contribution is 2.23. The van der Waals surface area contributed by atoms with Gasteiger partial charge in [-0.25, -0.2) is 0 Å². The standard InChI is InChI=1S/C16H17N3O2/c20-15(10-14-16(21)18-9-8-17-14)19-13-7-3-5-11-4-1-2-6-12(11)13/h1-7,14,17H,8-10H2,(H,18,21)(H,19,20). The molecular weight excluding hydrogens is 266 g/mol. The summed E-state index contributed by atoms with van der Waals surface area (Å²) in [6.45, 7) is 1.30. The highest BCUT2D eigenvalue weighted by molar-refractivity contribution is 6.03. The summed E-state index contributed by atoms with van der Waals surface area (Å²) in [5.74, 6) is -0.282. The molecule has 2 aromatic rings. The normalized spacial score (nSPS) is 18.3. The summed E-state index contributed by atoms with van der Waals surface area (Å²) in [5.41, 5.74) is 0.773. The van der Waals surface area contributed by atoms with Gasteiger partial charge in [0.1, 0.15) is 0 Å². The molecule has 1 fully saturated rings. The van der Waals surface area contributed by atoms with Gasteiger partial charge in [-0.2, -0.15) is 0 Å². The molecule has 1 unspecified atom stereocenters. The molecule has 108 valence electrons. The molecular formula is C16H17N3O2. The lowest BCUT2D eigenvalue weighted by atomic mass is 10.1. The Hall–Kier alpha value is -2.40. The number of amides is 2. The van der Waals surface area contributed by atoms with Gasteiger partial charge in [0.05, 0.1) is 12.5 Å². The maximum Gasteiger partial charge on any atom is 0.237 e. The van der Waals surface area contributed by atoms with E-state index in [0.29, 0.717) is 13.1 Å². The summed E-state index contributed by atoms with van der Waals surface area (Å²) in [7, 11) is 0. The molecule has 5 nitrogen and oxygen atoms in total. The molecule has 3 rings (SSSR count). The van der Waals surface area contributed by atoms with Gasteiger partial charge in [-0.3, -0.25) is 9.59 Å². The highest BCUT2D eigenvalue weighted by atomic mass is 16.2. The fraction of sp³-hybridized carbons (Fsp3) is 0.250. The summed E-state index contributed by atoms with van der Waals surface area (Å²) in [6.07, 6.45) is 0.134. The van der Waals surface area contributed by atoms with Gasteiger partial charge < -0.3 is 16.0 Å². The summed E-state index contributed by atoms with van der Waals surface area (Å²) in [4.78, 5) is 23.8. The van der Waals surface area contributed by atoms with Crippen molar-refractivity contribution in [2.45, 2.75) is 12.5 Å². The Morgan fingerprint density at radius 2 is 1.95 bits per heavy atom. The first-order valence-electron chi connectivity index (χ1n) is 7.03. The van der Waals surface area contributed by atoms with Crippen molar-refractivity contribution < 1.29 is 9.59 Å². The van der Waals surface area contributed by atoms with Crippen LogP contribution in [0.1, 0.15) is 6.42 Å². The zero-order valence-corrected chi connectivity index (χ0v) is 11.6. The monoisotopic (exact) mass is 283 g/mol. The van der Waals surface area contributed by atoms with Gasteiger partial charge in [-0.15, -0.1) is 0 Å². The zero-order chi connectivity index (χ0) is 14.7. The maximum atomic E-state index is 12.1. The summed E-state index contributed by atoms with van der Waals surface area (Å²) >= 11 is 0. The van der Waals surface area contributed by atoms with Crippen LogP contribution < -0.4 is 16.0 Å². The largest absolute Gasteiger partial charge is 0.353 e. The van der Waals surface area contributed by atoms with Gasteiger partial charge in [-0.05, 0) is 11.5 Å². The third-order valence-electron chi connectivity index (χ3n) is 3.58. The first-order chi connectivity index (χ1) is 10.2. The SMILES string of the molecule is O=C(CC1NCCNC1=O)Nc1cccc2ccccc12. The Balaban J connectivity index is 1.73. The number of nitrogens with one attached hydrogen (secondary N) is 3.